The summed E-state index contributed by atoms with van der Waals surface area (Å²) in [6.07, 6.45) is 5.33. The minimum atomic E-state index is -0.900. The first-order chi connectivity index (χ1) is 15.4. The van der Waals surface area contributed by atoms with Gasteiger partial charge in [-0.3, -0.25) is 19.5 Å². The summed E-state index contributed by atoms with van der Waals surface area (Å²) in [5.74, 6) is -0.896. The first-order valence-corrected chi connectivity index (χ1v) is 11.2. The number of likely N-dealkylation sites (tertiary alicyclic amines) is 1. The molecule has 0 radical (unpaired) electrons. The molecule has 1 atom stereocenters. The lowest BCUT2D eigenvalue weighted by atomic mass is 9.76. The molecule has 166 valence electrons. The molecule has 0 aliphatic carbocycles. The van der Waals surface area contributed by atoms with Crippen molar-refractivity contribution in [2.45, 2.75) is 24.7 Å². The molecule has 4 rings (SSSR count). The molecule has 7 nitrogen and oxygen atoms in total. The number of carbonyl (C=O) groups excluding carboxylic acids is 2. The highest BCUT2D eigenvalue weighted by Crippen LogP contribution is 2.32. The van der Waals surface area contributed by atoms with Gasteiger partial charge in [0.15, 0.2) is 5.13 Å². The quantitative estimate of drug-likeness (QED) is 0.573. The maximum atomic E-state index is 13.1. The van der Waals surface area contributed by atoms with Crippen molar-refractivity contribution in [2.75, 3.05) is 25.0 Å². The van der Waals surface area contributed by atoms with Gasteiger partial charge in [-0.15, -0.1) is 11.3 Å². The van der Waals surface area contributed by atoms with Crippen molar-refractivity contribution in [3.63, 3.8) is 0 Å². The van der Waals surface area contributed by atoms with E-state index in [9.17, 15) is 14.0 Å². The van der Waals surface area contributed by atoms with E-state index in [-0.39, 0.29) is 18.3 Å². The monoisotopic (exact) mass is 453 g/mol. The van der Waals surface area contributed by atoms with Crippen LogP contribution in [-0.2, 0) is 21.4 Å². The van der Waals surface area contributed by atoms with Gasteiger partial charge in [0.25, 0.3) is 0 Å². The maximum Gasteiger partial charge on any atom is 0.240 e. The first-order valence-electron chi connectivity index (χ1n) is 10.4. The van der Waals surface area contributed by atoms with Crippen molar-refractivity contribution in [1.29, 1.82) is 0 Å². The molecular formula is C23H24FN5O2S. The van der Waals surface area contributed by atoms with E-state index in [1.54, 1.807) is 30.6 Å². The summed E-state index contributed by atoms with van der Waals surface area (Å²) in [5.41, 5.74) is 6.50. The Morgan fingerprint density at radius 3 is 2.72 bits per heavy atom. The van der Waals surface area contributed by atoms with E-state index in [4.69, 9.17) is 5.73 Å². The molecule has 1 aliphatic rings. The molecule has 3 aromatic rings. The summed E-state index contributed by atoms with van der Waals surface area (Å²) in [4.78, 5) is 36.6. The number of thiazole rings is 1. The third-order valence-corrected chi connectivity index (χ3v) is 6.57. The number of hydrogen-bond donors (Lipinski definition) is 2. The Bertz CT molecular complexity index is 1090. The summed E-state index contributed by atoms with van der Waals surface area (Å²) in [5, 5.41) is 3.35. The molecule has 1 aromatic carbocycles. The van der Waals surface area contributed by atoms with E-state index < -0.39 is 11.3 Å². The number of halogens is 1. The SMILES string of the molecule is NC(=O)[C@@]1(c2ccccn2)CCCN(CC(=O)Nc2ncc(Cc3ccc(F)cc3)s2)C1. The molecule has 0 spiro atoms. The largest absolute Gasteiger partial charge is 0.369 e. The van der Waals surface area contributed by atoms with Crippen LogP contribution < -0.4 is 11.1 Å². The van der Waals surface area contributed by atoms with Crippen LogP contribution in [0.5, 0.6) is 0 Å². The second-order valence-corrected chi connectivity index (χ2v) is 9.07. The van der Waals surface area contributed by atoms with E-state index in [2.05, 4.69) is 15.3 Å². The number of primary amides is 1. The normalized spacial score (nSPS) is 18.9. The number of amides is 2. The third-order valence-electron chi connectivity index (χ3n) is 5.66. The van der Waals surface area contributed by atoms with Gasteiger partial charge < -0.3 is 11.1 Å². The number of pyridine rings is 1. The number of nitrogens with two attached hydrogens (primary N) is 1. The molecule has 2 amide bonds. The Labute approximate surface area is 189 Å². The van der Waals surface area contributed by atoms with Gasteiger partial charge in [0.2, 0.25) is 11.8 Å². The number of nitrogens with one attached hydrogen (secondary N) is 1. The first kappa shape index (κ1) is 22.0. The zero-order chi connectivity index (χ0) is 22.6. The number of anilines is 1. The molecule has 2 aromatic heterocycles. The highest BCUT2D eigenvalue weighted by molar-refractivity contribution is 7.15. The molecule has 1 saturated heterocycles. The lowest BCUT2D eigenvalue weighted by Gasteiger charge is -2.39. The van der Waals surface area contributed by atoms with Gasteiger partial charge in [0.1, 0.15) is 11.2 Å². The summed E-state index contributed by atoms with van der Waals surface area (Å²) >= 11 is 1.38. The predicted octanol–water partition coefficient (Wildman–Crippen LogP) is 2.73. The minimum absolute atomic E-state index is 0.134. The summed E-state index contributed by atoms with van der Waals surface area (Å²) < 4.78 is 13.1. The van der Waals surface area contributed by atoms with Crippen molar-refractivity contribution < 1.29 is 14.0 Å². The van der Waals surface area contributed by atoms with Crippen LogP contribution in [0.2, 0.25) is 0 Å². The van der Waals surface area contributed by atoms with E-state index in [0.717, 1.165) is 16.9 Å². The fourth-order valence-electron chi connectivity index (χ4n) is 4.07. The molecule has 0 bridgehead atoms. The molecular weight excluding hydrogens is 429 g/mol. The molecule has 9 heteroatoms. The number of benzene rings is 1. The van der Waals surface area contributed by atoms with Crippen LogP contribution in [0.3, 0.4) is 0 Å². The minimum Gasteiger partial charge on any atom is -0.369 e. The maximum absolute atomic E-state index is 13.1. The average molecular weight is 454 g/mol. The van der Waals surface area contributed by atoms with Gasteiger partial charge >= 0.3 is 0 Å². The van der Waals surface area contributed by atoms with Crippen LogP contribution in [0.15, 0.2) is 54.9 Å². The van der Waals surface area contributed by atoms with Crippen LogP contribution in [0.1, 0.15) is 29.0 Å². The average Bonchev–Trinajstić information content (AvgIpc) is 3.22. The molecule has 1 fully saturated rings. The Morgan fingerprint density at radius 1 is 1.19 bits per heavy atom. The van der Waals surface area contributed by atoms with Crippen LogP contribution in [0.4, 0.5) is 9.52 Å². The number of piperidine rings is 1. The van der Waals surface area contributed by atoms with Gasteiger partial charge in [-0.25, -0.2) is 9.37 Å². The Balaban J connectivity index is 1.37. The number of nitrogens with zero attached hydrogens (tertiary/aromatic N) is 3. The number of hydrogen-bond acceptors (Lipinski definition) is 6. The molecule has 32 heavy (non-hydrogen) atoms. The van der Waals surface area contributed by atoms with E-state index >= 15 is 0 Å². The fraction of sp³-hybridized carbons (Fsp3) is 0.304. The summed E-state index contributed by atoms with van der Waals surface area (Å²) in [7, 11) is 0. The Kier molecular flexibility index (Phi) is 6.57. The fourth-order valence-corrected chi connectivity index (χ4v) is 4.94. The lowest BCUT2D eigenvalue weighted by Crippen LogP contribution is -2.55. The molecule has 3 N–H and O–H groups in total. The second-order valence-electron chi connectivity index (χ2n) is 7.96. The highest BCUT2D eigenvalue weighted by atomic mass is 32.1. The van der Waals surface area contributed by atoms with Crippen molar-refractivity contribution >= 4 is 28.3 Å². The molecule has 1 aliphatic heterocycles. The summed E-state index contributed by atoms with van der Waals surface area (Å²) in [6, 6.07) is 11.8. The molecule has 0 unspecified atom stereocenters. The van der Waals surface area contributed by atoms with Gasteiger partial charge in [-0.1, -0.05) is 18.2 Å². The lowest BCUT2D eigenvalue weighted by molar-refractivity contribution is -0.127. The van der Waals surface area contributed by atoms with Crippen molar-refractivity contribution in [3.8, 4) is 0 Å². The van der Waals surface area contributed by atoms with Gasteiger partial charge in [-0.2, -0.15) is 0 Å². The van der Waals surface area contributed by atoms with E-state index in [1.165, 1.54) is 23.5 Å². The smallest absolute Gasteiger partial charge is 0.240 e. The standard InChI is InChI=1S/C23H24FN5O2S/c24-17-7-5-16(6-8-17)12-18-13-27-22(32-18)28-20(30)14-29-11-3-9-23(15-29,21(25)31)19-4-1-2-10-26-19/h1-2,4-8,10,13H,3,9,11-12,14-15H2,(H2,25,31)(H,27,28,30)/t23-/m0/s1. The Morgan fingerprint density at radius 2 is 2.00 bits per heavy atom. The van der Waals surface area contributed by atoms with Crippen molar-refractivity contribution in [1.82, 2.24) is 14.9 Å². The van der Waals surface area contributed by atoms with Crippen LogP contribution in [-0.4, -0.2) is 46.3 Å². The van der Waals surface area contributed by atoms with Crippen molar-refractivity contribution in [3.05, 3.63) is 76.8 Å². The Hall–Kier alpha value is -3.17. The zero-order valence-electron chi connectivity index (χ0n) is 17.5. The van der Waals surface area contributed by atoms with Crippen molar-refractivity contribution in [2.24, 2.45) is 5.73 Å². The second kappa shape index (κ2) is 9.54. The van der Waals surface area contributed by atoms with Crippen LogP contribution in [0, 0.1) is 5.82 Å². The van der Waals surface area contributed by atoms with Gasteiger partial charge in [-0.05, 0) is 49.2 Å². The number of rotatable bonds is 7. The molecule has 0 saturated carbocycles. The highest BCUT2D eigenvalue weighted by Gasteiger charge is 2.43. The predicted molar refractivity (Wildman–Crippen MR) is 121 cm³/mol. The van der Waals surface area contributed by atoms with E-state index in [1.807, 2.05) is 17.0 Å². The zero-order valence-corrected chi connectivity index (χ0v) is 18.3. The van der Waals surface area contributed by atoms with Crippen LogP contribution >= 0.6 is 11.3 Å². The van der Waals surface area contributed by atoms with Gasteiger partial charge in [0.05, 0.1) is 12.2 Å². The third kappa shape index (κ3) is 5.00. The number of aromatic nitrogens is 2. The molecule has 3 heterocycles. The van der Waals surface area contributed by atoms with E-state index in [0.29, 0.717) is 36.8 Å². The van der Waals surface area contributed by atoms with Crippen LogP contribution in [0.25, 0.3) is 0 Å². The number of carbonyl (C=O) groups is 2. The van der Waals surface area contributed by atoms with Gasteiger partial charge in [0, 0.05) is 30.2 Å². The topological polar surface area (TPSA) is 101 Å². The summed E-state index contributed by atoms with van der Waals surface area (Å²) in [6.45, 7) is 1.18.